The van der Waals surface area contributed by atoms with Gasteiger partial charge < -0.3 is 5.73 Å². The lowest BCUT2D eigenvalue weighted by molar-refractivity contribution is 0.246. The molecule has 3 heteroatoms. The fourth-order valence-corrected chi connectivity index (χ4v) is 2.11. The van der Waals surface area contributed by atoms with Crippen molar-refractivity contribution < 1.29 is 0 Å². The third-order valence-corrected chi connectivity index (χ3v) is 3.23. The highest BCUT2D eigenvalue weighted by atomic mass is 35.5. The Morgan fingerprint density at radius 1 is 1.38 bits per heavy atom. The molecule has 1 atom stereocenters. The lowest BCUT2D eigenvalue weighted by Gasteiger charge is -2.27. The van der Waals surface area contributed by atoms with Gasteiger partial charge >= 0.3 is 0 Å². The Bertz CT molecular complexity index is 315. The third-order valence-electron chi connectivity index (χ3n) is 2.88. The van der Waals surface area contributed by atoms with Gasteiger partial charge in [0, 0.05) is 17.6 Å². The van der Waals surface area contributed by atoms with E-state index in [1.54, 1.807) is 0 Å². The third kappa shape index (κ3) is 3.48. The number of benzene rings is 1. The van der Waals surface area contributed by atoms with E-state index in [1.165, 1.54) is 12.8 Å². The Kier molecular flexibility index (Phi) is 5.81. The molecule has 1 aromatic carbocycles. The van der Waals surface area contributed by atoms with E-state index < -0.39 is 0 Å². The fourth-order valence-electron chi connectivity index (χ4n) is 1.85. The van der Waals surface area contributed by atoms with Crippen molar-refractivity contribution in [3.05, 3.63) is 34.9 Å². The first-order valence-corrected chi connectivity index (χ1v) is 6.23. The highest BCUT2D eigenvalue weighted by Gasteiger charge is 2.16. The Hall–Kier alpha value is -0.570. The number of rotatable bonds is 6. The predicted molar refractivity (Wildman–Crippen MR) is 70.8 cm³/mol. The summed E-state index contributed by atoms with van der Waals surface area (Å²) in [5.41, 5.74) is 6.98. The average molecular weight is 241 g/mol. The quantitative estimate of drug-likeness (QED) is 0.828. The summed E-state index contributed by atoms with van der Waals surface area (Å²) < 4.78 is 0. The number of nitrogens with two attached hydrogens (primary N) is 1. The van der Waals surface area contributed by atoms with Gasteiger partial charge in [0.2, 0.25) is 0 Å². The summed E-state index contributed by atoms with van der Waals surface area (Å²) in [6, 6.07) is 8.17. The second-order valence-corrected chi connectivity index (χ2v) is 4.51. The summed E-state index contributed by atoms with van der Waals surface area (Å²) in [5.74, 6) is 0. The van der Waals surface area contributed by atoms with Crippen molar-refractivity contribution in [1.29, 1.82) is 0 Å². The molecule has 0 aromatic heterocycles. The molecule has 1 rings (SSSR count). The molecule has 0 bridgehead atoms. The lowest BCUT2D eigenvalue weighted by Crippen LogP contribution is -2.31. The van der Waals surface area contributed by atoms with Crippen molar-refractivity contribution in [1.82, 2.24) is 4.90 Å². The zero-order chi connectivity index (χ0) is 12.0. The highest BCUT2D eigenvalue weighted by molar-refractivity contribution is 6.31. The van der Waals surface area contributed by atoms with Crippen LogP contribution in [0.1, 0.15) is 31.4 Å². The molecule has 16 heavy (non-hydrogen) atoms. The van der Waals surface area contributed by atoms with Crippen LogP contribution in [0.25, 0.3) is 0 Å². The van der Waals surface area contributed by atoms with E-state index >= 15 is 0 Å². The first-order valence-electron chi connectivity index (χ1n) is 5.85. The number of nitrogens with zero attached hydrogens (tertiary/aromatic N) is 1. The first-order chi connectivity index (χ1) is 7.70. The summed E-state index contributed by atoms with van der Waals surface area (Å²) in [4.78, 5) is 2.28. The van der Waals surface area contributed by atoms with Gasteiger partial charge in [-0.05, 0) is 31.6 Å². The van der Waals surface area contributed by atoms with E-state index in [0.29, 0.717) is 6.54 Å². The zero-order valence-electron chi connectivity index (χ0n) is 10.1. The molecule has 0 saturated carbocycles. The molecule has 0 aliphatic carbocycles. The van der Waals surface area contributed by atoms with Gasteiger partial charge in [-0.25, -0.2) is 0 Å². The maximum absolute atomic E-state index is 6.19. The zero-order valence-corrected chi connectivity index (χ0v) is 10.9. The van der Waals surface area contributed by atoms with Crippen LogP contribution in [-0.2, 0) is 0 Å². The molecular formula is C13H21ClN2. The van der Waals surface area contributed by atoms with E-state index in [0.717, 1.165) is 17.1 Å². The maximum Gasteiger partial charge on any atom is 0.0482 e. The second kappa shape index (κ2) is 6.89. The van der Waals surface area contributed by atoms with Crippen LogP contribution in [0.4, 0.5) is 0 Å². The second-order valence-electron chi connectivity index (χ2n) is 4.11. The van der Waals surface area contributed by atoms with Crippen LogP contribution in [0, 0.1) is 0 Å². The molecule has 0 spiro atoms. The molecule has 2 N–H and O–H groups in total. The molecule has 2 nitrogen and oxygen atoms in total. The molecule has 1 aromatic rings. The predicted octanol–water partition coefficient (Wildman–Crippen LogP) is 3.07. The molecule has 0 radical (unpaired) electrons. The highest BCUT2D eigenvalue weighted by Crippen LogP contribution is 2.25. The van der Waals surface area contributed by atoms with Crippen LogP contribution in [-0.4, -0.2) is 25.0 Å². The normalized spacial score (nSPS) is 13.1. The van der Waals surface area contributed by atoms with Crippen molar-refractivity contribution >= 4 is 11.6 Å². The number of halogens is 1. The Balaban J connectivity index is 2.77. The van der Waals surface area contributed by atoms with Crippen LogP contribution in [0.15, 0.2) is 24.3 Å². The van der Waals surface area contributed by atoms with Gasteiger partial charge in [-0.15, -0.1) is 0 Å². The lowest BCUT2D eigenvalue weighted by atomic mass is 10.1. The van der Waals surface area contributed by atoms with E-state index in [4.69, 9.17) is 17.3 Å². The number of unbranched alkanes of at least 4 members (excludes halogenated alkanes) is 1. The summed E-state index contributed by atoms with van der Waals surface area (Å²) in [6.07, 6.45) is 2.39. The monoisotopic (exact) mass is 240 g/mol. The average Bonchev–Trinajstić information content (AvgIpc) is 2.30. The van der Waals surface area contributed by atoms with Crippen molar-refractivity contribution in [3.63, 3.8) is 0 Å². The Morgan fingerprint density at radius 3 is 2.62 bits per heavy atom. The van der Waals surface area contributed by atoms with Crippen LogP contribution >= 0.6 is 11.6 Å². The molecule has 1 unspecified atom stereocenters. The van der Waals surface area contributed by atoms with Crippen LogP contribution in [0.3, 0.4) is 0 Å². The van der Waals surface area contributed by atoms with Gasteiger partial charge in [0.15, 0.2) is 0 Å². The van der Waals surface area contributed by atoms with Crippen molar-refractivity contribution in [2.24, 2.45) is 5.73 Å². The van der Waals surface area contributed by atoms with Gasteiger partial charge in [0.05, 0.1) is 0 Å². The maximum atomic E-state index is 6.19. The minimum absolute atomic E-state index is 0.222. The summed E-state index contributed by atoms with van der Waals surface area (Å²) in [7, 11) is 2.11. The van der Waals surface area contributed by atoms with Gasteiger partial charge in [-0.3, -0.25) is 4.90 Å². The molecule has 0 amide bonds. The van der Waals surface area contributed by atoms with Gasteiger partial charge in [-0.2, -0.15) is 0 Å². The van der Waals surface area contributed by atoms with Crippen LogP contribution in [0.5, 0.6) is 0 Å². The number of hydrogen-bond acceptors (Lipinski definition) is 2. The van der Waals surface area contributed by atoms with Gasteiger partial charge in [0.1, 0.15) is 0 Å². The summed E-state index contributed by atoms with van der Waals surface area (Å²) >= 11 is 6.19. The van der Waals surface area contributed by atoms with E-state index in [-0.39, 0.29) is 6.04 Å². The number of hydrogen-bond donors (Lipinski definition) is 1. The summed E-state index contributed by atoms with van der Waals surface area (Å²) in [6.45, 7) is 3.86. The van der Waals surface area contributed by atoms with E-state index in [1.807, 2.05) is 18.2 Å². The minimum Gasteiger partial charge on any atom is -0.329 e. The Labute approximate surface area is 103 Å². The standard InChI is InChI=1S/C13H21ClN2/c1-3-4-9-16(2)13(10-15)11-7-5-6-8-12(11)14/h5-8,13H,3-4,9-10,15H2,1-2H3. The van der Waals surface area contributed by atoms with Crippen molar-refractivity contribution in [3.8, 4) is 0 Å². The SMILES string of the molecule is CCCCN(C)C(CN)c1ccccc1Cl. The molecule has 0 aliphatic rings. The molecule has 0 fully saturated rings. The minimum atomic E-state index is 0.222. The van der Waals surface area contributed by atoms with Crippen LogP contribution in [0.2, 0.25) is 5.02 Å². The molecule has 0 aliphatic heterocycles. The van der Waals surface area contributed by atoms with Crippen molar-refractivity contribution in [2.45, 2.75) is 25.8 Å². The topological polar surface area (TPSA) is 29.3 Å². The fraction of sp³-hybridized carbons (Fsp3) is 0.538. The van der Waals surface area contributed by atoms with Crippen molar-refractivity contribution in [2.75, 3.05) is 20.1 Å². The first kappa shape index (κ1) is 13.5. The van der Waals surface area contributed by atoms with Gasteiger partial charge in [0.25, 0.3) is 0 Å². The molecular weight excluding hydrogens is 220 g/mol. The largest absolute Gasteiger partial charge is 0.329 e. The van der Waals surface area contributed by atoms with Gasteiger partial charge in [-0.1, -0.05) is 43.1 Å². The number of likely N-dealkylation sites (N-methyl/N-ethyl adjacent to an activating group) is 1. The smallest absolute Gasteiger partial charge is 0.0482 e. The summed E-state index contributed by atoms with van der Waals surface area (Å²) in [5, 5.41) is 0.807. The molecule has 0 saturated heterocycles. The molecule has 90 valence electrons. The van der Waals surface area contributed by atoms with Crippen LogP contribution < -0.4 is 5.73 Å². The Morgan fingerprint density at radius 2 is 2.06 bits per heavy atom. The van der Waals surface area contributed by atoms with E-state index in [2.05, 4.69) is 24.9 Å². The van der Waals surface area contributed by atoms with E-state index in [9.17, 15) is 0 Å². The molecule has 0 heterocycles.